The van der Waals surface area contributed by atoms with Crippen molar-refractivity contribution in [3.8, 4) is 0 Å². The van der Waals surface area contributed by atoms with Gasteiger partial charge in [-0.1, -0.05) is 0 Å². The van der Waals surface area contributed by atoms with E-state index in [0.29, 0.717) is 23.5 Å². The summed E-state index contributed by atoms with van der Waals surface area (Å²) < 4.78 is 1.64. The van der Waals surface area contributed by atoms with Crippen LogP contribution in [0.5, 0.6) is 0 Å². The maximum atomic E-state index is 11.9. The molecule has 0 amide bonds. The van der Waals surface area contributed by atoms with E-state index in [9.17, 15) is 4.79 Å². The number of fused-ring (bicyclic) bond motifs is 2. The molecule has 1 aliphatic rings. The van der Waals surface area contributed by atoms with Gasteiger partial charge in [0.15, 0.2) is 5.65 Å². The lowest BCUT2D eigenvalue weighted by molar-refractivity contribution is 0.770. The summed E-state index contributed by atoms with van der Waals surface area (Å²) in [5, 5.41) is 3.63. The Kier molecular flexibility index (Phi) is 1.36. The molecule has 0 fully saturated rings. The van der Waals surface area contributed by atoms with Crippen LogP contribution in [0.2, 0.25) is 0 Å². The first-order chi connectivity index (χ1) is 6.86. The number of nitrogens with zero attached hydrogens (tertiary/aromatic N) is 3. The van der Waals surface area contributed by atoms with Crippen molar-refractivity contribution >= 4 is 17.0 Å². The van der Waals surface area contributed by atoms with E-state index in [1.54, 1.807) is 22.9 Å². The number of hydrogen-bond donors (Lipinski definition) is 1. The van der Waals surface area contributed by atoms with Crippen LogP contribution in [0.1, 0.15) is 0 Å². The van der Waals surface area contributed by atoms with Crippen LogP contribution >= 0.6 is 0 Å². The lowest BCUT2D eigenvalue weighted by Crippen LogP contribution is -2.19. The first-order valence-electron chi connectivity index (χ1n) is 4.46. The molecule has 0 atom stereocenters. The Hall–Kier alpha value is -1.91. The van der Waals surface area contributed by atoms with Gasteiger partial charge in [0.25, 0.3) is 5.56 Å². The van der Waals surface area contributed by atoms with Crippen LogP contribution < -0.4 is 10.9 Å². The molecule has 0 bridgehead atoms. The van der Waals surface area contributed by atoms with Gasteiger partial charge in [-0.2, -0.15) is 4.98 Å². The molecule has 0 aliphatic carbocycles. The topological polar surface area (TPSA) is 59.8 Å². The summed E-state index contributed by atoms with van der Waals surface area (Å²) >= 11 is 0. The van der Waals surface area contributed by atoms with E-state index in [0.717, 1.165) is 6.54 Å². The van der Waals surface area contributed by atoms with E-state index < -0.39 is 0 Å². The summed E-state index contributed by atoms with van der Waals surface area (Å²) in [6.45, 7) is 1.45. The Morgan fingerprint density at radius 1 is 1.50 bits per heavy atom. The van der Waals surface area contributed by atoms with Crippen LogP contribution in [0, 0.1) is 0 Å². The zero-order valence-electron chi connectivity index (χ0n) is 7.40. The van der Waals surface area contributed by atoms with Crippen molar-refractivity contribution in [1.29, 1.82) is 0 Å². The third-order valence-corrected chi connectivity index (χ3v) is 2.35. The molecule has 5 heteroatoms. The molecule has 5 nitrogen and oxygen atoms in total. The van der Waals surface area contributed by atoms with E-state index in [-0.39, 0.29) is 5.56 Å². The molecule has 0 unspecified atom stereocenters. The quantitative estimate of drug-likeness (QED) is 0.642. The third kappa shape index (κ3) is 0.863. The predicted octanol–water partition coefficient (Wildman–Crippen LogP) is 0.217. The average Bonchev–Trinajstić information content (AvgIpc) is 2.66. The van der Waals surface area contributed by atoms with Crippen molar-refractivity contribution in [3.05, 3.63) is 28.7 Å². The second-order valence-electron chi connectivity index (χ2n) is 3.19. The molecular weight excluding hydrogens is 180 g/mol. The van der Waals surface area contributed by atoms with Gasteiger partial charge in [-0.25, -0.2) is 4.98 Å². The Labute approximate surface area is 79.4 Å². The fraction of sp³-hybridized carbons (Fsp3) is 0.222. The molecule has 1 aliphatic heterocycles. The Morgan fingerprint density at radius 3 is 3.36 bits per heavy atom. The highest BCUT2D eigenvalue weighted by Crippen LogP contribution is 2.11. The molecular formula is C9H8N4O. The molecule has 0 spiro atoms. The Bertz CT molecular complexity index is 560. The van der Waals surface area contributed by atoms with Gasteiger partial charge in [0, 0.05) is 19.3 Å². The minimum Gasteiger partial charge on any atom is -0.354 e. The van der Waals surface area contributed by atoms with E-state index >= 15 is 0 Å². The molecule has 3 heterocycles. The Balaban J connectivity index is 2.50. The highest BCUT2D eigenvalue weighted by atomic mass is 16.1. The molecule has 2 aromatic rings. The fourth-order valence-electron chi connectivity index (χ4n) is 1.68. The van der Waals surface area contributed by atoms with E-state index in [1.165, 1.54) is 0 Å². The second-order valence-corrected chi connectivity index (χ2v) is 3.19. The molecule has 0 radical (unpaired) electrons. The fourth-order valence-corrected chi connectivity index (χ4v) is 1.68. The molecule has 0 saturated carbocycles. The molecule has 0 saturated heterocycles. The SMILES string of the molecule is O=c1c2cccnc2nc2n1CCN2. The molecule has 1 N–H and O–H groups in total. The van der Waals surface area contributed by atoms with Crippen LogP contribution in [0.3, 0.4) is 0 Å². The largest absolute Gasteiger partial charge is 0.354 e. The van der Waals surface area contributed by atoms with Crippen molar-refractivity contribution in [1.82, 2.24) is 14.5 Å². The summed E-state index contributed by atoms with van der Waals surface area (Å²) in [7, 11) is 0. The summed E-state index contributed by atoms with van der Waals surface area (Å²) in [5.74, 6) is 0.626. The summed E-state index contributed by atoms with van der Waals surface area (Å²) in [6, 6.07) is 3.50. The number of pyridine rings is 1. The van der Waals surface area contributed by atoms with Gasteiger partial charge in [0.1, 0.15) is 0 Å². The molecule has 0 aromatic carbocycles. The number of rotatable bonds is 0. The maximum Gasteiger partial charge on any atom is 0.264 e. The predicted molar refractivity (Wildman–Crippen MR) is 52.3 cm³/mol. The normalized spacial score (nSPS) is 14.0. The van der Waals surface area contributed by atoms with Crippen molar-refractivity contribution < 1.29 is 0 Å². The maximum absolute atomic E-state index is 11.9. The van der Waals surface area contributed by atoms with Gasteiger partial charge in [-0.15, -0.1) is 0 Å². The Morgan fingerprint density at radius 2 is 2.43 bits per heavy atom. The van der Waals surface area contributed by atoms with E-state index in [4.69, 9.17) is 0 Å². The van der Waals surface area contributed by atoms with Crippen LogP contribution in [0.4, 0.5) is 5.95 Å². The van der Waals surface area contributed by atoms with Gasteiger partial charge in [0.2, 0.25) is 5.95 Å². The lowest BCUT2D eigenvalue weighted by Gasteiger charge is -2.02. The highest BCUT2D eigenvalue weighted by molar-refractivity contribution is 5.74. The monoisotopic (exact) mass is 188 g/mol. The number of aromatic nitrogens is 3. The van der Waals surface area contributed by atoms with Crippen LogP contribution in [-0.2, 0) is 6.54 Å². The van der Waals surface area contributed by atoms with Gasteiger partial charge in [-0.3, -0.25) is 9.36 Å². The smallest absolute Gasteiger partial charge is 0.264 e. The van der Waals surface area contributed by atoms with E-state index in [1.807, 2.05) is 0 Å². The zero-order valence-corrected chi connectivity index (χ0v) is 7.40. The summed E-state index contributed by atoms with van der Waals surface area (Å²) in [4.78, 5) is 20.2. The summed E-state index contributed by atoms with van der Waals surface area (Å²) in [6.07, 6.45) is 1.64. The number of anilines is 1. The molecule has 2 aromatic heterocycles. The van der Waals surface area contributed by atoms with Crippen LogP contribution in [0.15, 0.2) is 23.1 Å². The van der Waals surface area contributed by atoms with Crippen LogP contribution in [0.25, 0.3) is 11.0 Å². The molecule has 14 heavy (non-hydrogen) atoms. The van der Waals surface area contributed by atoms with Gasteiger partial charge in [-0.05, 0) is 12.1 Å². The molecule has 70 valence electrons. The van der Waals surface area contributed by atoms with Gasteiger partial charge in [0.05, 0.1) is 5.39 Å². The average molecular weight is 188 g/mol. The third-order valence-electron chi connectivity index (χ3n) is 2.35. The van der Waals surface area contributed by atoms with Crippen molar-refractivity contribution in [2.24, 2.45) is 0 Å². The van der Waals surface area contributed by atoms with E-state index in [2.05, 4.69) is 15.3 Å². The van der Waals surface area contributed by atoms with Crippen molar-refractivity contribution in [2.45, 2.75) is 6.54 Å². The van der Waals surface area contributed by atoms with Crippen molar-refractivity contribution in [2.75, 3.05) is 11.9 Å². The minimum absolute atomic E-state index is 0.0110. The minimum atomic E-state index is -0.0110. The first-order valence-corrected chi connectivity index (χ1v) is 4.46. The van der Waals surface area contributed by atoms with Gasteiger partial charge < -0.3 is 5.32 Å². The lowest BCUT2D eigenvalue weighted by atomic mass is 10.3. The van der Waals surface area contributed by atoms with Crippen LogP contribution in [-0.4, -0.2) is 21.1 Å². The highest BCUT2D eigenvalue weighted by Gasteiger charge is 2.14. The van der Waals surface area contributed by atoms with Gasteiger partial charge >= 0.3 is 0 Å². The zero-order chi connectivity index (χ0) is 9.54. The van der Waals surface area contributed by atoms with Crippen molar-refractivity contribution in [3.63, 3.8) is 0 Å². The number of hydrogen-bond acceptors (Lipinski definition) is 4. The second kappa shape index (κ2) is 2.54. The first kappa shape index (κ1) is 7.49. The standard InChI is InChI=1S/C9H8N4O/c14-8-6-2-1-3-10-7(6)12-9-11-4-5-13(8)9/h1-3H,4-5H2,(H,10,11,12). The summed E-state index contributed by atoms with van der Waals surface area (Å²) in [5.41, 5.74) is 0.501. The number of nitrogens with one attached hydrogen (secondary N) is 1. The molecule has 3 rings (SSSR count).